The van der Waals surface area contributed by atoms with E-state index < -0.39 is 10.0 Å². The lowest BCUT2D eigenvalue weighted by molar-refractivity contribution is 0.443. The van der Waals surface area contributed by atoms with Crippen LogP contribution in [0, 0.1) is 0 Å². The molecular weight excluding hydrogens is 360 g/mol. The van der Waals surface area contributed by atoms with Gasteiger partial charge in [-0.05, 0) is 48.6 Å². The molecule has 1 saturated carbocycles. The zero-order valence-electron chi connectivity index (χ0n) is 15.0. The summed E-state index contributed by atoms with van der Waals surface area (Å²) in [6, 6.07) is 14.4. The first-order valence-corrected chi connectivity index (χ1v) is 10.7. The maximum Gasteiger partial charge on any atom is 0.261 e. The van der Waals surface area contributed by atoms with Crippen molar-refractivity contribution in [3.63, 3.8) is 0 Å². The van der Waals surface area contributed by atoms with Crippen molar-refractivity contribution >= 4 is 15.7 Å². The van der Waals surface area contributed by atoms with Crippen LogP contribution in [0.25, 0.3) is 5.69 Å². The Labute approximate surface area is 159 Å². The molecule has 0 saturated heterocycles. The number of hydrogen-bond donors (Lipinski definition) is 1. The second-order valence-corrected chi connectivity index (χ2v) is 8.55. The quantitative estimate of drug-likeness (QED) is 0.720. The van der Waals surface area contributed by atoms with E-state index in [1.807, 2.05) is 18.2 Å². The Bertz CT molecular complexity index is 993. The third-order valence-electron chi connectivity index (χ3n) is 5.08. The molecule has 0 amide bonds. The summed E-state index contributed by atoms with van der Waals surface area (Å²) in [5, 5.41) is 4.08. The van der Waals surface area contributed by atoms with Crippen LogP contribution in [0.5, 0.6) is 0 Å². The Hall–Kier alpha value is -2.67. The van der Waals surface area contributed by atoms with Gasteiger partial charge in [-0.2, -0.15) is 5.10 Å². The maximum atomic E-state index is 12.9. The minimum atomic E-state index is -3.69. The fourth-order valence-corrected chi connectivity index (χ4v) is 4.73. The zero-order chi connectivity index (χ0) is 18.7. The van der Waals surface area contributed by atoms with Gasteiger partial charge in [0.15, 0.2) is 0 Å². The SMILES string of the molecule is O=S(=O)(Nc1ccccc1-n1cncn1)c1ccc(C2CCCCC2)cc1. The molecule has 27 heavy (non-hydrogen) atoms. The van der Waals surface area contributed by atoms with Gasteiger partial charge in [-0.15, -0.1) is 0 Å². The minimum Gasteiger partial charge on any atom is -0.277 e. The average Bonchev–Trinajstić information content (AvgIpc) is 3.24. The summed E-state index contributed by atoms with van der Waals surface area (Å²) in [7, 11) is -3.69. The predicted octanol–water partition coefficient (Wildman–Crippen LogP) is 4.12. The molecule has 7 heteroatoms. The van der Waals surface area contributed by atoms with Crippen LogP contribution in [0.4, 0.5) is 5.69 Å². The Balaban J connectivity index is 1.58. The van der Waals surface area contributed by atoms with Crippen molar-refractivity contribution < 1.29 is 8.42 Å². The Morgan fingerprint density at radius 3 is 2.41 bits per heavy atom. The van der Waals surface area contributed by atoms with Crippen LogP contribution in [-0.4, -0.2) is 23.2 Å². The summed E-state index contributed by atoms with van der Waals surface area (Å²) in [4.78, 5) is 4.18. The fourth-order valence-electron chi connectivity index (χ4n) is 3.65. The van der Waals surface area contributed by atoms with Crippen LogP contribution in [-0.2, 0) is 10.0 Å². The molecule has 1 aliphatic carbocycles. The normalized spacial score (nSPS) is 15.6. The molecule has 0 atom stereocenters. The molecule has 1 aliphatic rings. The smallest absolute Gasteiger partial charge is 0.261 e. The van der Waals surface area contributed by atoms with Gasteiger partial charge in [0, 0.05) is 0 Å². The monoisotopic (exact) mass is 382 g/mol. The summed E-state index contributed by atoms with van der Waals surface area (Å²) in [6.45, 7) is 0. The summed E-state index contributed by atoms with van der Waals surface area (Å²) in [6.07, 6.45) is 9.14. The van der Waals surface area contributed by atoms with E-state index in [1.54, 1.807) is 30.3 Å². The topological polar surface area (TPSA) is 76.9 Å². The van der Waals surface area contributed by atoms with E-state index in [4.69, 9.17) is 0 Å². The first-order chi connectivity index (χ1) is 13.1. The number of aromatic nitrogens is 3. The Morgan fingerprint density at radius 2 is 1.70 bits per heavy atom. The molecule has 0 spiro atoms. The third-order valence-corrected chi connectivity index (χ3v) is 6.46. The molecule has 0 bridgehead atoms. The first-order valence-electron chi connectivity index (χ1n) is 9.20. The van der Waals surface area contributed by atoms with Gasteiger partial charge >= 0.3 is 0 Å². The van der Waals surface area contributed by atoms with E-state index in [2.05, 4.69) is 14.8 Å². The van der Waals surface area contributed by atoms with Gasteiger partial charge in [-0.25, -0.2) is 18.1 Å². The molecule has 3 aromatic rings. The van der Waals surface area contributed by atoms with E-state index >= 15 is 0 Å². The van der Waals surface area contributed by atoms with Gasteiger partial charge in [0.2, 0.25) is 0 Å². The second kappa shape index (κ2) is 7.52. The lowest BCUT2D eigenvalue weighted by Gasteiger charge is -2.22. The fraction of sp³-hybridized carbons (Fsp3) is 0.300. The molecule has 1 heterocycles. The van der Waals surface area contributed by atoms with Crippen molar-refractivity contribution in [3.05, 3.63) is 66.7 Å². The van der Waals surface area contributed by atoms with Gasteiger partial charge < -0.3 is 0 Å². The van der Waals surface area contributed by atoms with Gasteiger partial charge in [0.25, 0.3) is 10.0 Å². The molecule has 0 radical (unpaired) electrons. The lowest BCUT2D eigenvalue weighted by atomic mass is 9.84. The van der Waals surface area contributed by atoms with E-state index in [1.165, 1.54) is 55.0 Å². The van der Waals surface area contributed by atoms with E-state index in [0.717, 1.165) is 0 Å². The van der Waals surface area contributed by atoms with Crippen LogP contribution in [0.2, 0.25) is 0 Å². The largest absolute Gasteiger partial charge is 0.277 e. The maximum absolute atomic E-state index is 12.9. The number of nitrogens with zero attached hydrogens (tertiary/aromatic N) is 3. The number of nitrogens with one attached hydrogen (secondary N) is 1. The van der Waals surface area contributed by atoms with Crippen LogP contribution in [0.15, 0.2) is 66.1 Å². The highest BCUT2D eigenvalue weighted by Crippen LogP contribution is 2.33. The number of sulfonamides is 1. The number of para-hydroxylation sites is 2. The Morgan fingerprint density at radius 1 is 0.963 bits per heavy atom. The van der Waals surface area contributed by atoms with Crippen molar-refractivity contribution in [2.24, 2.45) is 0 Å². The molecular formula is C20H22N4O2S. The van der Waals surface area contributed by atoms with Crippen molar-refractivity contribution in [2.45, 2.75) is 42.9 Å². The van der Waals surface area contributed by atoms with E-state index in [0.29, 0.717) is 17.3 Å². The van der Waals surface area contributed by atoms with Gasteiger partial charge in [0.1, 0.15) is 12.7 Å². The molecule has 6 nitrogen and oxygen atoms in total. The minimum absolute atomic E-state index is 0.260. The second-order valence-electron chi connectivity index (χ2n) is 6.87. The number of benzene rings is 2. The van der Waals surface area contributed by atoms with Crippen molar-refractivity contribution in [1.82, 2.24) is 14.8 Å². The van der Waals surface area contributed by atoms with Crippen LogP contribution >= 0.6 is 0 Å². The Kier molecular flexibility index (Phi) is 4.94. The average molecular weight is 382 g/mol. The van der Waals surface area contributed by atoms with E-state index in [9.17, 15) is 8.42 Å². The molecule has 1 N–H and O–H groups in total. The summed E-state index contributed by atoms with van der Waals surface area (Å²) >= 11 is 0. The predicted molar refractivity (Wildman–Crippen MR) is 104 cm³/mol. The zero-order valence-corrected chi connectivity index (χ0v) is 15.8. The van der Waals surface area contributed by atoms with Crippen LogP contribution in [0.1, 0.15) is 43.6 Å². The highest BCUT2D eigenvalue weighted by molar-refractivity contribution is 7.92. The summed E-state index contributed by atoms with van der Waals surface area (Å²) in [5.41, 5.74) is 2.31. The van der Waals surface area contributed by atoms with Crippen LogP contribution < -0.4 is 4.72 Å². The standard InChI is InChI=1S/C20H22N4O2S/c25-27(26,18-12-10-17(11-13-18)16-6-2-1-3-7-16)23-19-8-4-5-9-20(19)24-15-21-14-22-24/h4-5,8-16,23H,1-3,6-7H2. The molecule has 0 aliphatic heterocycles. The van der Waals surface area contributed by atoms with Gasteiger partial charge in [0.05, 0.1) is 16.3 Å². The third kappa shape index (κ3) is 3.88. The van der Waals surface area contributed by atoms with Crippen LogP contribution in [0.3, 0.4) is 0 Å². The van der Waals surface area contributed by atoms with Gasteiger partial charge in [-0.3, -0.25) is 4.72 Å². The van der Waals surface area contributed by atoms with Crippen molar-refractivity contribution in [1.29, 1.82) is 0 Å². The molecule has 1 aromatic heterocycles. The number of rotatable bonds is 5. The highest BCUT2D eigenvalue weighted by Gasteiger charge is 2.19. The lowest BCUT2D eigenvalue weighted by Crippen LogP contribution is -2.15. The van der Waals surface area contributed by atoms with Crippen molar-refractivity contribution in [3.8, 4) is 5.69 Å². The number of hydrogen-bond acceptors (Lipinski definition) is 4. The molecule has 0 unspecified atom stereocenters. The summed E-state index contributed by atoms with van der Waals surface area (Å²) in [5.74, 6) is 0.552. The first kappa shape index (κ1) is 17.7. The van der Waals surface area contributed by atoms with Crippen molar-refractivity contribution in [2.75, 3.05) is 4.72 Å². The van der Waals surface area contributed by atoms with E-state index in [-0.39, 0.29) is 4.90 Å². The summed E-state index contributed by atoms with van der Waals surface area (Å²) < 4.78 is 29.9. The highest BCUT2D eigenvalue weighted by atomic mass is 32.2. The molecule has 140 valence electrons. The molecule has 4 rings (SSSR count). The van der Waals surface area contributed by atoms with Gasteiger partial charge in [-0.1, -0.05) is 43.5 Å². The molecule has 1 fully saturated rings. The molecule has 2 aromatic carbocycles. The number of anilines is 1.